The van der Waals surface area contributed by atoms with Crippen molar-refractivity contribution in [1.29, 1.82) is 0 Å². The Labute approximate surface area is 151 Å². The minimum Gasteiger partial charge on any atom is -0.349 e. The van der Waals surface area contributed by atoms with Crippen LogP contribution in [0.25, 0.3) is 5.69 Å². The van der Waals surface area contributed by atoms with Crippen molar-refractivity contribution >= 4 is 17.5 Å². The number of carbonyl (C=O) groups excluding carboxylic acids is 2. The van der Waals surface area contributed by atoms with Crippen LogP contribution in [0.4, 0.5) is 5.69 Å². The molecular formula is C19H19N5O2. The van der Waals surface area contributed by atoms with Crippen LogP contribution in [0.5, 0.6) is 0 Å². The van der Waals surface area contributed by atoms with Crippen LogP contribution in [-0.2, 0) is 4.79 Å². The first-order valence-corrected chi connectivity index (χ1v) is 8.22. The number of hydrogen-bond acceptors (Lipinski definition) is 4. The summed E-state index contributed by atoms with van der Waals surface area (Å²) in [7, 11) is 0. The lowest BCUT2D eigenvalue weighted by atomic mass is 10.1. The fraction of sp³-hybridized carbons (Fsp3) is 0.158. The number of carbonyl (C=O) groups is 2. The van der Waals surface area contributed by atoms with E-state index in [1.54, 1.807) is 54.3 Å². The van der Waals surface area contributed by atoms with E-state index < -0.39 is 0 Å². The number of nitrogens with one attached hydrogen (secondary N) is 2. The number of hydrogen-bond donors (Lipinski definition) is 2. The summed E-state index contributed by atoms with van der Waals surface area (Å²) in [5.41, 5.74) is 2.10. The SMILES string of the molecule is CC(CC(=O)Nc1ccc(-n2cncn2)cc1)NC(=O)c1ccccc1. The Bertz CT molecular complexity index is 861. The van der Waals surface area contributed by atoms with Crippen molar-refractivity contribution in [2.24, 2.45) is 0 Å². The first-order chi connectivity index (χ1) is 12.6. The van der Waals surface area contributed by atoms with Crippen molar-refractivity contribution < 1.29 is 9.59 Å². The second-order valence-electron chi connectivity index (χ2n) is 5.88. The maximum absolute atomic E-state index is 12.2. The van der Waals surface area contributed by atoms with E-state index in [4.69, 9.17) is 0 Å². The van der Waals surface area contributed by atoms with Gasteiger partial charge < -0.3 is 10.6 Å². The molecule has 2 aromatic carbocycles. The average Bonchev–Trinajstić information content (AvgIpc) is 3.17. The van der Waals surface area contributed by atoms with Crippen LogP contribution in [0, 0.1) is 0 Å². The molecule has 0 radical (unpaired) electrons. The number of rotatable bonds is 6. The molecule has 0 aliphatic heterocycles. The van der Waals surface area contributed by atoms with Gasteiger partial charge in [-0.2, -0.15) is 5.10 Å². The zero-order chi connectivity index (χ0) is 18.4. The summed E-state index contributed by atoms with van der Waals surface area (Å²) >= 11 is 0. The number of nitrogens with zero attached hydrogens (tertiary/aromatic N) is 3. The average molecular weight is 349 g/mol. The molecule has 3 aromatic rings. The molecule has 0 bridgehead atoms. The first kappa shape index (κ1) is 17.3. The molecule has 1 heterocycles. The second-order valence-corrected chi connectivity index (χ2v) is 5.88. The lowest BCUT2D eigenvalue weighted by Gasteiger charge is -2.14. The quantitative estimate of drug-likeness (QED) is 0.715. The van der Waals surface area contributed by atoms with Gasteiger partial charge >= 0.3 is 0 Å². The summed E-state index contributed by atoms with van der Waals surface area (Å²) < 4.78 is 1.63. The predicted octanol–water partition coefficient (Wildman–Crippen LogP) is 2.41. The van der Waals surface area contributed by atoms with E-state index in [2.05, 4.69) is 20.7 Å². The van der Waals surface area contributed by atoms with Crippen LogP contribution in [0.3, 0.4) is 0 Å². The third-order valence-corrected chi connectivity index (χ3v) is 3.74. The van der Waals surface area contributed by atoms with Gasteiger partial charge in [0, 0.05) is 23.7 Å². The summed E-state index contributed by atoms with van der Waals surface area (Å²) in [4.78, 5) is 28.1. The standard InChI is InChI=1S/C19H19N5O2/c1-14(22-19(26)15-5-3-2-4-6-15)11-18(25)23-16-7-9-17(10-8-16)24-13-20-12-21-24/h2-10,12-14H,11H2,1H3,(H,22,26)(H,23,25). The minimum absolute atomic E-state index is 0.167. The molecule has 1 unspecified atom stereocenters. The van der Waals surface area contributed by atoms with E-state index >= 15 is 0 Å². The molecule has 1 aromatic heterocycles. The summed E-state index contributed by atoms with van der Waals surface area (Å²) in [5.74, 6) is -0.359. The van der Waals surface area contributed by atoms with E-state index in [0.29, 0.717) is 11.3 Å². The molecule has 7 heteroatoms. The van der Waals surface area contributed by atoms with Crippen LogP contribution in [-0.4, -0.2) is 32.6 Å². The van der Waals surface area contributed by atoms with Crippen molar-refractivity contribution in [1.82, 2.24) is 20.1 Å². The van der Waals surface area contributed by atoms with E-state index in [-0.39, 0.29) is 24.3 Å². The zero-order valence-electron chi connectivity index (χ0n) is 14.3. The van der Waals surface area contributed by atoms with Crippen LogP contribution < -0.4 is 10.6 Å². The van der Waals surface area contributed by atoms with Gasteiger partial charge in [-0.1, -0.05) is 18.2 Å². The highest BCUT2D eigenvalue weighted by molar-refractivity contribution is 5.95. The van der Waals surface area contributed by atoms with Crippen LogP contribution in [0.2, 0.25) is 0 Å². The van der Waals surface area contributed by atoms with Gasteiger partial charge in [0.2, 0.25) is 5.91 Å². The molecule has 0 saturated heterocycles. The fourth-order valence-electron chi connectivity index (χ4n) is 2.48. The lowest BCUT2D eigenvalue weighted by molar-refractivity contribution is -0.116. The third-order valence-electron chi connectivity index (χ3n) is 3.74. The molecule has 26 heavy (non-hydrogen) atoms. The van der Waals surface area contributed by atoms with Crippen LogP contribution in [0.1, 0.15) is 23.7 Å². The molecule has 0 spiro atoms. The molecular weight excluding hydrogens is 330 g/mol. The Kier molecular flexibility index (Phi) is 5.38. The van der Waals surface area contributed by atoms with Crippen LogP contribution >= 0.6 is 0 Å². The molecule has 2 amide bonds. The Balaban J connectivity index is 1.51. The minimum atomic E-state index is -0.280. The van der Waals surface area contributed by atoms with Gasteiger partial charge in [0.05, 0.1) is 5.69 Å². The van der Waals surface area contributed by atoms with Crippen molar-refractivity contribution in [2.75, 3.05) is 5.32 Å². The van der Waals surface area contributed by atoms with Crippen molar-refractivity contribution in [3.8, 4) is 5.69 Å². The lowest BCUT2D eigenvalue weighted by Crippen LogP contribution is -2.35. The van der Waals surface area contributed by atoms with E-state index in [9.17, 15) is 9.59 Å². The van der Waals surface area contributed by atoms with E-state index in [1.807, 2.05) is 18.2 Å². The van der Waals surface area contributed by atoms with Gasteiger partial charge in [-0.3, -0.25) is 9.59 Å². The van der Waals surface area contributed by atoms with Gasteiger partial charge in [-0.05, 0) is 43.3 Å². The molecule has 2 N–H and O–H groups in total. The molecule has 7 nitrogen and oxygen atoms in total. The molecule has 1 atom stereocenters. The molecule has 0 fully saturated rings. The number of anilines is 1. The Morgan fingerprint density at radius 2 is 1.81 bits per heavy atom. The second kappa shape index (κ2) is 8.06. The van der Waals surface area contributed by atoms with Crippen molar-refractivity contribution in [3.63, 3.8) is 0 Å². The zero-order valence-corrected chi connectivity index (χ0v) is 14.3. The van der Waals surface area contributed by atoms with Crippen LogP contribution in [0.15, 0.2) is 67.3 Å². The predicted molar refractivity (Wildman–Crippen MR) is 98.0 cm³/mol. The summed E-state index contributed by atoms with van der Waals surface area (Å²) in [6, 6.07) is 15.9. The summed E-state index contributed by atoms with van der Waals surface area (Å²) in [6.07, 6.45) is 3.24. The topological polar surface area (TPSA) is 88.9 Å². The first-order valence-electron chi connectivity index (χ1n) is 8.22. The normalized spacial score (nSPS) is 11.6. The highest BCUT2D eigenvalue weighted by Gasteiger charge is 2.13. The van der Waals surface area contributed by atoms with E-state index in [1.165, 1.54) is 6.33 Å². The molecule has 0 aliphatic rings. The van der Waals surface area contributed by atoms with Gasteiger partial charge in [-0.25, -0.2) is 9.67 Å². The molecule has 0 saturated carbocycles. The maximum atomic E-state index is 12.2. The van der Waals surface area contributed by atoms with Crippen molar-refractivity contribution in [2.45, 2.75) is 19.4 Å². The molecule has 132 valence electrons. The highest BCUT2D eigenvalue weighted by Crippen LogP contribution is 2.12. The van der Waals surface area contributed by atoms with Gasteiger partial charge in [0.1, 0.15) is 12.7 Å². The Hall–Kier alpha value is -3.48. The molecule has 0 aliphatic carbocycles. The van der Waals surface area contributed by atoms with Crippen molar-refractivity contribution in [3.05, 3.63) is 72.8 Å². The number of aromatic nitrogens is 3. The monoisotopic (exact) mass is 349 g/mol. The molecule has 3 rings (SSSR count). The maximum Gasteiger partial charge on any atom is 0.251 e. The van der Waals surface area contributed by atoms with Gasteiger partial charge in [-0.15, -0.1) is 0 Å². The number of amides is 2. The van der Waals surface area contributed by atoms with E-state index in [0.717, 1.165) is 5.69 Å². The highest BCUT2D eigenvalue weighted by atomic mass is 16.2. The smallest absolute Gasteiger partial charge is 0.251 e. The largest absolute Gasteiger partial charge is 0.349 e. The Morgan fingerprint density at radius 1 is 1.08 bits per heavy atom. The summed E-state index contributed by atoms with van der Waals surface area (Å²) in [5, 5.41) is 9.69. The van der Waals surface area contributed by atoms with Gasteiger partial charge in [0.25, 0.3) is 5.91 Å². The fourth-order valence-corrected chi connectivity index (χ4v) is 2.48. The Morgan fingerprint density at radius 3 is 2.46 bits per heavy atom. The van der Waals surface area contributed by atoms with Gasteiger partial charge in [0.15, 0.2) is 0 Å². The number of benzene rings is 2. The third kappa shape index (κ3) is 4.54. The summed E-state index contributed by atoms with van der Waals surface area (Å²) in [6.45, 7) is 1.80.